The monoisotopic (exact) mass is 713 g/mol. The molecule has 0 unspecified atom stereocenters. The third-order valence-corrected chi connectivity index (χ3v) is 14.4. The lowest BCUT2D eigenvalue weighted by atomic mass is 9.64. The van der Waals surface area contributed by atoms with Gasteiger partial charge in [-0.25, -0.2) is 13.1 Å². The molecule has 268 valence electrons. The topological polar surface area (TPSA) is 97.4 Å². The van der Waals surface area contributed by atoms with E-state index in [1.807, 2.05) is 25.1 Å². The summed E-state index contributed by atoms with van der Waals surface area (Å²) in [5, 5.41) is 0.115. The molecule has 2 bridgehead atoms. The van der Waals surface area contributed by atoms with Crippen LogP contribution in [0.5, 0.6) is 5.75 Å². The highest BCUT2D eigenvalue weighted by Crippen LogP contribution is 2.49. The van der Waals surface area contributed by atoms with Crippen molar-refractivity contribution in [3.05, 3.63) is 58.1 Å². The van der Waals surface area contributed by atoms with Crippen LogP contribution in [-0.2, 0) is 31.3 Å². The Morgan fingerprint density at radius 3 is 2.53 bits per heavy atom. The maximum atomic E-state index is 13.6. The molecule has 3 aliphatic heterocycles. The van der Waals surface area contributed by atoms with Crippen LogP contribution in [0.4, 0.5) is 5.69 Å². The van der Waals surface area contributed by atoms with Crippen molar-refractivity contribution in [2.75, 3.05) is 51.9 Å². The highest BCUT2D eigenvalue weighted by molar-refractivity contribution is 7.90. The minimum absolute atomic E-state index is 0.228. The molecule has 9 nitrogen and oxygen atoms in total. The van der Waals surface area contributed by atoms with Crippen molar-refractivity contribution in [1.82, 2.24) is 9.62 Å². The van der Waals surface area contributed by atoms with Gasteiger partial charge >= 0.3 is 0 Å². The molecule has 1 N–H and O–H groups in total. The van der Waals surface area contributed by atoms with Crippen molar-refractivity contribution in [2.24, 2.45) is 17.8 Å². The number of hydrogen-bond donors (Lipinski definition) is 1. The number of nitrogens with zero attached hydrogens (tertiary/aromatic N) is 2. The van der Waals surface area contributed by atoms with Gasteiger partial charge in [0.2, 0.25) is 10.0 Å². The van der Waals surface area contributed by atoms with Crippen molar-refractivity contribution in [3.8, 4) is 5.75 Å². The van der Waals surface area contributed by atoms with Gasteiger partial charge in [-0.15, -0.1) is 0 Å². The van der Waals surface area contributed by atoms with Crippen LogP contribution in [0.15, 0.2) is 36.4 Å². The minimum atomic E-state index is -3.87. The molecular formula is C38H52ClN3O6S. The minimum Gasteiger partial charge on any atom is -0.490 e. The number of sulfonamides is 1. The quantitative estimate of drug-likeness (QED) is 0.404. The summed E-state index contributed by atoms with van der Waals surface area (Å²) >= 11 is 6.47. The second kappa shape index (κ2) is 14.3. The average Bonchev–Trinajstić information content (AvgIpc) is 3.22. The summed E-state index contributed by atoms with van der Waals surface area (Å²) in [7, 11) is 0.259. The van der Waals surface area contributed by atoms with Gasteiger partial charge in [0, 0.05) is 35.0 Å². The molecular weight excluding hydrogens is 662 g/mol. The Balaban J connectivity index is 1.26. The molecule has 49 heavy (non-hydrogen) atoms. The molecule has 1 amide bonds. The lowest BCUT2D eigenvalue weighted by Gasteiger charge is -2.49. The maximum Gasteiger partial charge on any atom is 0.264 e. The molecule has 1 spiro atoms. The fourth-order valence-corrected chi connectivity index (χ4v) is 10.8. The standard InChI is InChI=1S/C38H52ClN3O6S/c1-4-30-9-5-6-10-32(37-46-21-29(22-47-37)41(2)3)31-14-11-27(31)20-42-23-38(17-7-8-25-18-28(39)13-15-33(25)38)24-48-35-16-12-26(19-34(35)42)36(43)40-49(30,44)45/h12-13,15-16,18-19,27,29-32,37H,4-11,14,17,20-24H2,1-3H3,(H,40,43)/t27-,29-,30+,31+,32+,37+,38-/m0/s1. The Morgan fingerprint density at radius 2 is 1.80 bits per heavy atom. The SMILES string of the molecule is CC[C@@H]1CCCC[C@@H]([C@H]2OC[C@@H](N(C)C)CO2)[C@@H]2CC[C@H]2CN2C[C@@]3(CCCc4cc(Cl)ccc43)COc3ccc(cc32)C(=O)NS1(=O)=O. The molecule has 2 aliphatic carbocycles. The number of aryl methyl sites for hydroxylation is 1. The van der Waals surface area contributed by atoms with E-state index in [1.165, 1.54) is 11.1 Å². The Labute approximate surface area is 297 Å². The number of rotatable bonds is 3. The van der Waals surface area contributed by atoms with Gasteiger partial charge in [0.05, 0.1) is 36.8 Å². The molecule has 7 rings (SSSR count). The predicted molar refractivity (Wildman–Crippen MR) is 192 cm³/mol. The fraction of sp³-hybridized carbons (Fsp3) is 0.658. The summed E-state index contributed by atoms with van der Waals surface area (Å²) in [5.41, 5.74) is 3.51. The van der Waals surface area contributed by atoms with Gasteiger partial charge in [-0.05, 0) is 119 Å². The molecule has 5 atom stereocenters. The van der Waals surface area contributed by atoms with Crippen molar-refractivity contribution in [2.45, 2.75) is 94.1 Å². The normalized spacial score (nSPS) is 33.4. The van der Waals surface area contributed by atoms with E-state index in [-0.39, 0.29) is 23.7 Å². The first-order valence-corrected chi connectivity index (χ1v) is 20.3. The number of carbonyl (C=O) groups is 1. The molecule has 1 saturated carbocycles. The van der Waals surface area contributed by atoms with Gasteiger partial charge in [-0.3, -0.25) is 4.79 Å². The van der Waals surface area contributed by atoms with Crippen LogP contribution in [0.2, 0.25) is 5.02 Å². The van der Waals surface area contributed by atoms with Gasteiger partial charge in [-0.1, -0.05) is 37.4 Å². The van der Waals surface area contributed by atoms with E-state index < -0.39 is 21.2 Å². The number of anilines is 1. The first-order valence-electron chi connectivity index (χ1n) is 18.3. The Morgan fingerprint density at radius 1 is 1.00 bits per heavy atom. The van der Waals surface area contributed by atoms with Crippen LogP contribution < -0.4 is 14.4 Å². The van der Waals surface area contributed by atoms with Crippen molar-refractivity contribution in [1.29, 1.82) is 0 Å². The Kier molecular flexibility index (Phi) is 10.3. The molecule has 2 aromatic carbocycles. The summed E-state index contributed by atoms with van der Waals surface area (Å²) in [6.07, 6.45) is 8.53. The van der Waals surface area contributed by atoms with Crippen LogP contribution in [0, 0.1) is 17.8 Å². The molecule has 5 aliphatic rings. The van der Waals surface area contributed by atoms with Crippen molar-refractivity contribution >= 4 is 33.2 Å². The maximum absolute atomic E-state index is 13.6. The Bertz CT molecular complexity index is 1630. The third kappa shape index (κ3) is 7.10. The fourth-order valence-electron chi connectivity index (χ4n) is 9.13. The zero-order valence-corrected chi connectivity index (χ0v) is 30.7. The summed E-state index contributed by atoms with van der Waals surface area (Å²) in [5.74, 6) is 1.22. The van der Waals surface area contributed by atoms with Gasteiger partial charge in [-0.2, -0.15) is 0 Å². The van der Waals surface area contributed by atoms with Gasteiger partial charge in [0.15, 0.2) is 6.29 Å². The smallest absolute Gasteiger partial charge is 0.264 e. The summed E-state index contributed by atoms with van der Waals surface area (Å²) in [6, 6.07) is 11.9. The number of likely N-dealkylation sites (N-methyl/N-ethyl adjacent to an activating group) is 1. The third-order valence-electron chi connectivity index (χ3n) is 12.2. The average molecular weight is 714 g/mol. The summed E-state index contributed by atoms with van der Waals surface area (Å²) in [4.78, 5) is 18.2. The van der Waals surface area contributed by atoms with E-state index in [0.717, 1.165) is 80.9 Å². The number of hydrogen-bond acceptors (Lipinski definition) is 8. The molecule has 1 saturated heterocycles. The van der Waals surface area contributed by atoms with E-state index in [9.17, 15) is 13.2 Å². The molecule has 2 aromatic rings. The van der Waals surface area contributed by atoms with E-state index >= 15 is 0 Å². The van der Waals surface area contributed by atoms with Crippen molar-refractivity contribution < 1.29 is 27.4 Å². The number of carbonyl (C=O) groups excluding carboxylic acids is 1. The highest BCUT2D eigenvalue weighted by atomic mass is 35.5. The second-order valence-corrected chi connectivity index (χ2v) is 17.8. The number of halogens is 1. The number of ether oxygens (including phenoxy) is 3. The summed E-state index contributed by atoms with van der Waals surface area (Å²) < 4.78 is 49.0. The summed E-state index contributed by atoms with van der Waals surface area (Å²) in [6.45, 7) is 5.25. The van der Waals surface area contributed by atoms with Gasteiger partial charge < -0.3 is 24.0 Å². The molecule has 3 heterocycles. The van der Waals surface area contributed by atoms with Crippen LogP contribution in [0.3, 0.4) is 0 Å². The number of amides is 1. The molecule has 2 fully saturated rings. The largest absolute Gasteiger partial charge is 0.490 e. The lowest BCUT2D eigenvalue weighted by Crippen LogP contribution is -2.52. The molecule has 11 heteroatoms. The predicted octanol–water partition coefficient (Wildman–Crippen LogP) is 6.17. The van der Waals surface area contributed by atoms with Crippen molar-refractivity contribution in [3.63, 3.8) is 0 Å². The van der Waals surface area contributed by atoms with Crippen LogP contribution in [0.1, 0.15) is 86.2 Å². The van der Waals surface area contributed by atoms with Gasteiger partial charge in [0.1, 0.15) is 5.75 Å². The number of nitrogens with one attached hydrogen (secondary N) is 1. The first-order chi connectivity index (χ1) is 23.6. The molecule has 0 radical (unpaired) electrons. The zero-order chi connectivity index (χ0) is 34.3. The number of fused-ring (bicyclic) bond motifs is 4. The van der Waals surface area contributed by atoms with Crippen LogP contribution in [0.25, 0.3) is 0 Å². The zero-order valence-electron chi connectivity index (χ0n) is 29.2. The molecule has 0 aromatic heterocycles. The second-order valence-electron chi connectivity index (χ2n) is 15.4. The first kappa shape index (κ1) is 35.1. The Hall–Kier alpha value is -2.37. The van der Waals surface area contributed by atoms with E-state index in [2.05, 4.69) is 40.7 Å². The number of benzene rings is 2. The van der Waals surface area contributed by atoms with Crippen LogP contribution >= 0.6 is 11.6 Å². The van der Waals surface area contributed by atoms with E-state index in [0.29, 0.717) is 50.1 Å². The van der Waals surface area contributed by atoms with E-state index in [1.54, 1.807) is 6.07 Å². The van der Waals surface area contributed by atoms with E-state index in [4.69, 9.17) is 25.8 Å². The van der Waals surface area contributed by atoms with Crippen LogP contribution in [-0.4, -0.2) is 83.8 Å². The van der Waals surface area contributed by atoms with Gasteiger partial charge in [0.25, 0.3) is 5.91 Å². The highest BCUT2D eigenvalue weighted by Gasteiger charge is 2.46. The lowest BCUT2D eigenvalue weighted by molar-refractivity contribution is -0.240.